The summed E-state index contributed by atoms with van der Waals surface area (Å²) >= 11 is 1.65. The van der Waals surface area contributed by atoms with Gasteiger partial charge in [0.05, 0.1) is 5.69 Å². The molecule has 6 heteroatoms. The molecule has 2 N–H and O–H groups in total. The summed E-state index contributed by atoms with van der Waals surface area (Å²) in [4.78, 5) is 11.1. The van der Waals surface area contributed by atoms with Gasteiger partial charge < -0.3 is 5.73 Å². The van der Waals surface area contributed by atoms with E-state index in [9.17, 15) is 0 Å². The molecule has 0 saturated carbocycles. The van der Waals surface area contributed by atoms with Crippen LogP contribution in [0.15, 0.2) is 17.4 Å². The Balaban J connectivity index is 0.00000144. The predicted molar refractivity (Wildman–Crippen MR) is 73.5 cm³/mol. The second kappa shape index (κ2) is 7.16. The smallest absolute Gasteiger partial charge is 0.119 e. The van der Waals surface area contributed by atoms with E-state index in [-0.39, 0.29) is 12.4 Å². The zero-order valence-corrected chi connectivity index (χ0v) is 11.6. The van der Waals surface area contributed by atoms with Crippen LogP contribution in [0.4, 0.5) is 0 Å². The molecule has 17 heavy (non-hydrogen) atoms. The first kappa shape index (κ1) is 14.7. The van der Waals surface area contributed by atoms with Crippen LogP contribution in [0.2, 0.25) is 0 Å². The molecule has 1 saturated heterocycles. The maximum Gasteiger partial charge on any atom is 0.119 e. The Morgan fingerprint density at radius 1 is 1.47 bits per heavy atom. The van der Waals surface area contributed by atoms with Crippen LogP contribution in [-0.2, 0) is 6.54 Å². The van der Waals surface area contributed by atoms with Crippen molar-refractivity contribution in [2.75, 3.05) is 19.3 Å². The molecule has 2 heterocycles. The maximum absolute atomic E-state index is 5.97. The fraction of sp³-hybridized carbons (Fsp3) is 0.636. The molecule has 0 radical (unpaired) electrons. The standard InChI is InChI=1S/C11H18N4S.ClH/c1-16-11-10(13-4-5-14-11)8-15-6-2-3-9(12)7-15;/h4-5,9H,2-3,6-8,12H2,1H3;1H. The van der Waals surface area contributed by atoms with E-state index < -0.39 is 0 Å². The first-order valence-electron chi connectivity index (χ1n) is 5.61. The van der Waals surface area contributed by atoms with Gasteiger partial charge in [-0.25, -0.2) is 4.98 Å². The van der Waals surface area contributed by atoms with Crippen LogP contribution in [0.3, 0.4) is 0 Å². The van der Waals surface area contributed by atoms with Crippen molar-refractivity contribution in [2.24, 2.45) is 5.73 Å². The van der Waals surface area contributed by atoms with Gasteiger partial charge in [0, 0.05) is 31.5 Å². The first-order valence-corrected chi connectivity index (χ1v) is 6.84. The molecule has 0 bridgehead atoms. The Hall–Kier alpha value is -0.360. The number of aromatic nitrogens is 2. The van der Waals surface area contributed by atoms with Gasteiger partial charge in [-0.3, -0.25) is 9.88 Å². The number of nitrogens with zero attached hydrogens (tertiary/aromatic N) is 3. The van der Waals surface area contributed by atoms with E-state index in [0.717, 1.165) is 36.8 Å². The van der Waals surface area contributed by atoms with Crippen LogP contribution >= 0.6 is 24.2 Å². The minimum atomic E-state index is 0. The average Bonchev–Trinajstić information content (AvgIpc) is 2.30. The van der Waals surface area contributed by atoms with E-state index in [4.69, 9.17) is 5.73 Å². The molecular weight excluding hydrogens is 256 g/mol. The summed E-state index contributed by atoms with van der Waals surface area (Å²) in [5, 5.41) is 1.03. The van der Waals surface area contributed by atoms with Crippen molar-refractivity contribution >= 4 is 24.2 Å². The van der Waals surface area contributed by atoms with Crippen LogP contribution in [0.25, 0.3) is 0 Å². The Labute approximate surface area is 113 Å². The number of hydrogen-bond acceptors (Lipinski definition) is 5. The van der Waals surface area contributed by atoms with Crippen molar-refractivity contribution in [3.05, 3.63) is 18.1 Å². The summed E-state index contributed by atoms with van der Waals surface area (Å²) in [7, 11) is 0. The van der Waals surface area contributed by atoms with Gasteiger partial charge in [0.25, 0.3) is 0 Å². The van der Waals surface area contributed by atoms with Gasteiger partial charge >= 0.3 is 0 Å². The van der Waals surface area contributed by atoms with E-state index in [1.165, 1.54) is 6.42 Å². The predicted octanol–water partition coefficient (Wildman–Crippen LogP) is 1.54. The summed E-state index contributed by atoms with van der Waals surface area (Å²) in [6.45, 7) is 2.97. The van der Waals surface area contributed by atoms with Gasteiger partial charge in [0.1, 0.15) is 5.03 Å². The summed E-state index contributed by atoms with van der Waals surface area (Å²) < 4.78 is 0. The molecule has 1 aromatic heterocycles. The monoisotopic (exact) mass is 274 g/mol. The summed E-state index contributed by atoms with van der Waals surface area (Å²) in [5.41, 5.74) is 7.04. The first-order chi connectivity index (χ1) is 7.79. The molecule has 4 nitrogen and oxygen atoms in total. The third-order valence-electron chi connectivity index (χ3n) is 2.84. The number of nitrogens with two attached hydrogens (primary N) is 1. The van der Waals surface area contributed by atoms with Crippen LogP contribution in [0, 0.1) is 0 Å². The maximum atomic E-state index is 5.97. The molecule has 1 unspecified atom stereocenters. The fourth-order valence-electron chi connectivity index (χ4n) is 2.08. The lowest BCUT2D eigenvalue weighted by Gasteiger charge is -2.30. The third kappa shape index (κ3) is 4.10. The highest BCUT2D eigenvalue weighted by Gasteiger charge is 2.18. The van der Waals surface area contributed by atoms with Crippen molar-refractivity contribution < 1.29 is 0 Å². The molecular formula is C11H19ClN4S. The van der Waals surface area contributed by atoms with Crippen molar-refractivity contribution in [1.82, 2.24) is 14.9 Å². The molecule has 0 aromatic carbocycles. The number of halogens is 1. The summed E-state index contributed by atoms with van der Waals surface area (Å²) in [6, 6.07) is 0.322. The van der Waals surface area contributed by atoms with Crippen molar-refractivity contribution in [2.45, 2.75) is 30.5 Å². The Morgan fingerprint density at radius 2 is 2.24 bits per heavy atom. The molecule has 0 amide bonds. The van der Waals surface area contributed by atoms with Gasteiger partial charge in [-0.05, 0) is 25.6 Å². The number of likely N-dealkylation sites (tertiary alicyclic amines) is 1. The third-order valence-corrected chi connectivity index (χ3v) is 3.57. The molecule has 1 aromatic rings. The van der Waals surface area contributed by atoms with Gasteiger partial charge in [0.2, 0.25) is 0 Å². The van der Waals surface area contributed by atoms with Crippen LogP contribution in [0.1, 0.15) is 18.5 Å². The highest BCUT2D eigenvalue weighted by Crippen LogP contribution is 2.18. The quantitative estimate of drug-likeness (QED) is 0.848. The molecule has 96 valence electrons. The van der Waals surface area contributed by atoms with E-state index in [1.807, 2.05) is 6.26 Å². The van der Waals surface area contributed by atoms with E-state index in [1.54, 1.807) is 24.2 Å². The van der Waals surface area contributed by atoms with Crippen molar-refractivity contribution in [1.29, 1.82) is 0 Å². The number of piperidine rings is 1. The minimum absolute atomic E-state index is 0. The fourth-order valence-corrected chi connectivity index (χ4v) is 2.60. The second-order valence-electron chi connectivity index (χ2n) is 4.15. The molecule has 1 aliphatic rings. The lowest BCUT2D eigenvalue weighted by molar-refractivity contribution is 0.197. The lowest BCUT2D eigenvalue weighted by atomic mass is 10.1. The SMILES string of the molecule is CSc1nccnc1CN1CCCC(N)C1.Cl. The number of thioether (sulfide) groups is 1. The molecule has 0 aliphatic carbocycles. The Morgan fingerprint density at radius 3 is 2.94 bits per heavy atom. The minimum Gasteiger partial charge on any atom is -0.327 e. The molecule has 1 aliphatic heterocycles. The Bertz CT molecular complexity index is 350. The van der Waals surface area contributed by atoms with E-state index in [0.29, 0.717) is 6.04 Å². The molecule has 2 rings (SSSR count). The van der Waals surface area contributed by atoms with E-state index in [2.05, 4.69) is 14.9 Å². The van der Waals surface area contributed by atoms with Crippen LogP contribution in [0.5, 0.6) is 0 Å². The Kier molecular flexibility index (Phi) is 6.19. The molecule has 1 fully saturated rings. The van der Waals surface area contributed by atoms with Crippen molar-refractivity contribution in [3.63, 3.8) is 0 Å². The van der Waals surface area contributed by atoms with Crippen LogP contribution < -0.4 is 5.73 Å². The largest absolute Gasteiger partial charge is 0.327 e. The zero-order chi connectivity index (χ0) is 11.4. The highest BCUT2D eigenvalue weighted by atomic mass is 35.5. The van der Waals surface area contributed by atoms with Crippen LogP contribution in [-0.4, -0.2) is 40.3 Å². The van der Waals surface area contributed by atoms with Gasteiger partial charge in [-0.2, -0.15) is 0 Å². The molecule has 0 spiro atoms. The highest BCUT2D eigenvalue weighted by molar-refractivity contribution is 7.98. The lowest BCUT2D eigenvalue weighted by Crippen LogP contribution is -2.42. The van der Waals surface area contributed by atoms with Crippen molar-refractivity contribution in [3.8, 4) is 0 Å². The topological polar surface area (TPSA) is 55.0 Å². The van der Waals surface area contributed by atoms with Gasteiger partial charge in [0.15, 0.2) is 0 Å². The molecule has 1 atom stereocenters. The number of hydrogen-bond donors (Lipinski definition) is 1. The average molecular weight is 275 g/mol. The number of rotatable bonds is 3. The normalized spacial score (nSPS) is 20.9. The van der Waals surface area contributed by atoms with Gasteiger partial charge in [-0.15, -0.1) is 24.2 Å². The zero-order valence-electron chi connectivity index (χ0n) is 10.0. The summed E-state index contributed by atoms with van der Waals surface area (Å²) in [5.74, 6) is 0. The summed E-state index contributed by atoms with van der Waals surface area (Å²) in [6.07, 6.45) is 7.88. The van der Waals surface area contributed by atoms with Gasteiger partial charge in [-0.1, -0.05) is 0 Å². The second-order valence-corrected chi connectivity index (χ2v) is 4.94. The van der Waals surface area contributed by atoms with E-state index >= 15 is 0 Å².